The van der Waals surface area contributed by atoms with E-state index in [-0.39, 0.29) is 24.5 Å². The fraction of sp³-hybridized carbons (Fsp3) is 0.296. The summed E-state index contributed by atoms with van der Waals surface area (Å²) in [7, 11) is 0. The molecule has 0 bridgehead atoms. The second-order valence-electron chi connectivity index (χ2n) is 8.62. The molecule has 2 aromatic heterocycles. The van der Waals surface area contributed by atoms with Gasteiger partial charge in [0.05, 0.1) is 29.7 Å². The molecule has 0 spiro atoms. The van der Waals surface area contributed by atoms with Crippen LogP contribution in [0.4, 0.5) is 0 Å². The summed E-state index contributed by atoms with van der Waals surface area (Å²) in [5, 5.41) is 4.57. The highest BCUT2D eigenvalue weighted by Gasteiger charge is 2.21. The van der Waals surface area contributed by atoms with Crippen LogP contribution in [0.25, 0.3) is 21.9 Å². The third-order valence-corrected chi connectivity index (χ3v) is 5.98. The van der Waals surface area contributed by atoms with Crippen molar-refractivity contribution in [3.05, 3.63) is 80.9 Å². The average Bonchev–Trinajstić information content (AvgIpc) is 3.17. The van der Waals surface area contributed by atoms with Crippen LogP contribution in [0, 0.1) is 20.8 Å². The molecule has 0 radical (unpaired) electrons. The lowest BCUT2D eigenvalue weighted by Gasteiger charge is -2.19. The molecule has 34 heavy (non-hydrogen) atoms. The van der Waals surface area contributed by atoms with Crippen molar-refractivity contribution in [2.24, 2.45) is 0 Å². The minimum atomic E-state index is -0.554. The summed E-state index contributed by atoms with van der Waals surface area (Å²) in [6, 6.07) is 11.0. The van der Waals surface area contributed by atoms with Gasteiger partial charge >= 0.3 is 11.6 Å². The third kappa shape index (κ3) is 4.73. The summed E-state index contributed by atoms with van der Waals surface area (Å²) in [4.78, 5) is 37.1. The van der Waals surface area contributed by atoms with E-state index in [1.165, 1.54) is 6.92 Å². The van der Waals surface area contributed by atoms with Crippen LogP contribution in [-0.4, -0.2) is 24.5 Å². The van der Waals surface area contributed by atoms with Gasteiger partial charge in [-0.25, -0.2) is 4.79 Å². The van der Waals surface area contributed by atoms with E-state index in [1.54, 1.807) is 13.2 Å². The Hall–Kier alpha value is -3.87. The number of rotatable bonds is 7. The van der Waals surface area contributed by atoms with Crippen molar-refractivity contribution < 1.29 is 23.2 Å². The first-order valence-electron chi connectivity index (χ1n) is 11.1. The molecule has 0 fully saturated rings. The average molecular weight is 462 g/mol. The number of nitrogens with one attached hydrogen (secondary N) is 1. The molecule has 1 amide bonds. The molecule has 176 valence electrons. The van der Waals surface area contributed by atoms with Gasteiger partial charge in [-0.15, -0.1) is 0 Å². The molecule has 0 unspecified atom stereocenters. The molecule has 0 saturated heterocycles. The molecule has 7 heteroatoms. The maximum absolute atomic E-state index is 13.0. The number of ether oxygens (including phenoxy) is 1. The van der Waals surface area contributed by atoms with E-state index < -0.39 is 17.6 Å². The van der Waals surface area contributed by atoms with Gasteiger partial charge in [-0.05, 0) is 55.5 Å². The lowest BCUT2D eigenvalue weighted by Crippen LogP contribution is -2.41. The SMILES string of the molecule is CC(=O)OC[C@@H](Cc1ccccc1)NC(=O)Cc1c(C)c2c(cc(C)c3c(C)coc32)oc1=O. The number of hydrogen-bond acceptors (Lipinski definition) is 6. The van der Waals surface area contributed by atoms with E-state index in [1.807, 2.05) is 50.2 Å². The Labute approximate surface area is 196 Å². The van der Waals surface area contributed by atoms with Crippen LogP contribution in [0.5, 0.6) is 0 Å². The fourth-order valence-electron chi connectivity index (χ4n) is 4.38. The summed E-state index contributed by atoms with van der Waals surface area (Å²) < 4.78 is 16.5. The highest BCUT2D eigenvalue weighted by Crippen LogP contribution is 2.34. The van der Waals surface area contributed by atoms with Gasteiger partial charge in [0.25, 0.3) is 0 Å². The van der Waals surface area contributed by atoms with Crippen LogP contribution in [0.3, 0.4) is 0 Å². The van der Waals surface area contributed by atoms with Gasteiger partial charge in [0.15, 0.2) is 0 Å². The number of amides is 1. The summed E-state index contributed by atoms with van der Waals surface area (Å²) in [6.07, 6.45) is 2.00. The van der Waals surface area contributed by atoms with Crippen LogP contribution in [0.15, 0.2) is 56.3 Å². The number of carbonyl (C=O) groups excluding carboxylic acids is 2. The van der Waals surface area contributed by atoms with E-state index in [0.29, 0.717) is 28.5 Å². The van der Waals surface area contributed by atoms with Crippen molar-refractivity contribution in [2.75, 3.05) is 6.61 Å². The number of aryl methyl sites for hydroxylation is 3. The molecule has 0 saturated carbocycles. The molecular weight excluding hydrogens is 434 g/mol. The number of furan rings is 1. The van der Waals surface area contributed by atoms with Crippen molar-refractivity contribution in [1.29, 1.82) is 0 Å². The Morgan fingerprint density at radius 3 is 2.50 bits per heavy atom. The van der Waals surface area contributed by atoms with Crippen LogP contribution in [0.1, 0.15) is 34.7 Å². The largest absolute Gasteiger partial charge is 0.464 e. The van der Waals surface area contributed by atoms with Crippen molar-refractivity contribution in [2.45, 2.75) is 46.6 Å². The van der Waals surface area contributed by atoms with Crippen molar-refractivity contribution in [3.8, 4) is 0 Å². The van der Waals surface area contributed by atoms with Gasteiger partial charge in [-0.1, -0.05) is 30.3 Å². The Morgan fingerprint density at radius 2 is 1.79 bits per heavy atom. The Morgan fingerprint density at radius 1 is 1.06 bits per heavy atom. The van der Waals surface area contributed by atoms with Crippen LogP contribution < -0.4 is 10.9 Å². The van der Waals surface area contributed by atoms with Gasteiger partial charge in [0.2, 0.25) is 5.91 Å². The molecule has 0 aliphatic heterocycles. The quantitative estimate of drug-likeness (QED) is 0.326. The monoisotopic (exact) mass is 461 g/mol. The predicted molar refractivity (Wildman–Crippen MR) is 129 cm³/mol. The second kappa shape index (κ2) is 9.55. The predicted octanol–water partition coefficient (Wildman–Crippen LogP) is 4.30. The Kier molecular flexibility index (Phi) is 6.54. The van der Waals surface area contributed by atoms with Gasteiger partial charge < -0.3 is 18.9 Å². The van der Waals surface area contributed by atoms with Crippen molar-refractivity contribution >= 4 is 33.8 Å². The number of benzene rings is 2. The van der Waals surface area contributed by atoms with Crippen LogP contribution in [-0.2, 0) is 27.2 Å². The van der Waals surface area contributed by atoms with Crippen molar-refractivity contribution in [3.63, 3.8) is 0 Å². The molecule has 4 aromatic rings. The first-order chi connectivity index (χ1) is 16.2. The highest BCUT2D eigenvalue weighted by molar-refractivity contribution is 6.07. The van der Waals surface area contributed by atoms with E-state index in [0.717, 1.165) is 22.1 Å². The Bertz CT molecular complexity index is 1430. The van der Waals surface area contributed by atoms with E-state index in [4.69, 9.17) is 13.6 Å². The minimum absolute atomic E-state index is 0.0346. The van der Waals surface area contributed by atoms with Crippen LogP contribution >= 0.6 is 0 Å². The van der Waals surface area contributed by atoms with Gasteiger partial charge in [-0.2, -0.15) is 0 Å². The van der Waals surface area contributed by atoms with Gasteiger partial charge in [0.1, 0.15) is 17.8 Å². The molecule has 1 atom stereocenters. The Balaban J connectivity index is 1.63. The highest BCUT2D eigenvalue weighted by atomic mass is 16.5. The van der Waals surface area contributed by atoms with E-state index in [9.17, 15) is 14.4 Å². The van der Waals surface area contributed by atoms with Gasteiger partial charge in [-0.3, -0.25) is 9.59 Å². The first-order valence-corrected chi connectivity index (χ1v) is 11.1. The lowest BCUT2D eigenvalue weighted by molar-refractivity contribution is -0.142. The maximum Gasteiger partial charge on any atom is 0.340 e. The summed E-state index contributed by atoms with van der Waals surface area (Å²) in [5.74, 6) is -0.784. The summed E-state index contributed by atoms with van der Waals surface area (Å²) in [6.45, 7) is 7.06. The molecule has 0 aliphatic rings. The van der Waals surface area contributed by atoms with E-state index in [2.05, 4.69) is 5.32 Å². The number of esters is 1. The summed E-state index contributed by atoms with van der Waals surface area (Å²) >= 11 is 0. The van der Waals surface area contributed by atoms with Crippen molar-refractivity contribution in [1.82, 2.24) is 5.32 Å². The second-order valence-corrected chi connectivity index (χ2v) is 8.62. The minimum Gasteiger partial charge on any atom is -0.464 e. The standard InChI is InChI=1S/C27H27NO6/c1-15-10-22-25(26-24(15)16(2)13-33-26)17(3)21(27(31)34-22)12-23(30)28-20(14-32-18(4)29)11-19-8-6-5-7-9-19/h5-10,13,20H,11-12,14H2,1-4H3,(H,28,30)/t20-/m1/s1. The molecule has 7 nitrogen and oxygen atoms in total. The first kappa shape index (κ1) is 23.3. The fourth-order valence-corrected chi connectivity index (χ4v) is 4.38. The zero-order chi connectivity index (χ0) is 24.4. The maximum atomic E-state index is 13.0. The molecule has 2 aromatic carbocycles. The number of carbonyl (C=O) groups is 2. The van der Waals surface area contributed by atoms with E-state index >= 15 is 0 Å². The molecular formula is C27H27NO6. The molecule has 0 aliphatic carbocycles. The normalized spacial score (nSPS) is 12.1. The number of hydrogen-bond donors (Lipinski definition) is 1. The smallest absolute Gasteiger partial charge is 0.340 e. The van der Waals surface area contributed by atoms with Crippen LogP contribution in [0.2, 0.25) is 0 Å². The molecule has 1 N–H and O–H groups in total. The topological polar surface area (TPSA) is 98.8 Å². The number of fused-ring (bicyclic) bond motifs is 3. The third-order valence-electron chi connectivity index (χ3n) is 5.98. The molecule has 4 rings (SSSR count). The zero-order valence-corrected chi connectivity index (χ0v) is 19.7. The molecule has 2 heterocycles. The summed E-state index contributed by atoms with van der Waals surface area (Å²) in [5.41, 5.74) is 4.39. The zero-order valence-electron chi connectivity index (χ0n) is 19.7. The van der Waals surface area contributed by atoms with Gasteiger partial charge in [0, 0.05) is 12.3 Å². The lowest BCUT2D eigenvalue weighted by atomic mass is 9.98.